The third-order valence-electron chi connectivity index (χ3n) is 3.32. The predicted molar refractivity (Wildman–Crippen MR) is 82.4 cm³/mol. The summed E-state index contributed by atoms with van der Waals surface area (Å²) in [6, 6.07) is 8.81. The molecule has 2 aromatic rings. The van der Waals surface area contributed by atoms with Crippen LogP contribution in [0.25, 0.3) is 0 Å². The smallest absolute Gasteiger partial charge is 0.0952 e. The van der Waals surface area contributed by atoms with Gasteiger partial charge in [0.05, 0.1) is 18.2 Å². The highest BCUT2D eigenvalue weighted by Gasteiger charge is 2.10. The van der Waals surface area contributed by atoms with Gasteiger partial charge < -0.3 is 14.6 Å². The van der Waals surface area contributed by atoms with Crippen LogP contribution in [0.3, 0.4) is 0 Å². The second-order valence-corrected chi connectivity index (χ2v) is 5.56. The molecule has 0 aliphatic rings. The Morgan fingerprint density at radius 1 is 1.37 bits per heavy atom. The summed E-state index contributed by atoms with van der Waals surface area (Å²) in [6.45, 7) is 2.98. The standard InChI is InChI=1S/C15H19BrN2O/c1-11(17-2)13-4-5-15(14(16)8-13)18(3)9-12-6-7-19-10-12/h4-8,10-11,17H,9H2,1-3H3. The number of nitrogens with one attached hydrogen (secondary N) is 1. The Morgan fingerprint density at radius 2 is 2.16 bits per heavy atom. The average molecular weight is 323 g/mol. The molecule has 0 bridgehead atoms. The summed E-state index contributed by atoms with van der Waals surface area (Å²) in [4.78, 5) is 2.20. The monoisotopic (exact) mass is 322 g/mol. The summed E-state index contributed by atoms with van der Waals surface area (Å²) in [5.41, 5.74) is 3.62. The van der Waals surface area contributed by atoms with Crippen molar-refractivity contribution in [2.24, 2.45) is 0 Å². The highest BCUT2D eigenvalue weighted by Crippen LogP contribution is 2.29. The molecule has 19 heavy (non-hydrogen) atoms. The van der Waals surface area contributed by atoms with E-state index in [9.17, 15) is 0 Å². The summed E-state index contributed by atoms with van der Waals surface area (Å²) < 4.78 is 6.21. The van der Waals surface area contributed by atoms with Gasteiger partial charge in [-0.1, -0.05) is 6.07 Å². The van der Waals surface area contributed by atoms with E-state index < -0.39 is 0 Å². The van der Waals surface area contributed by atoms with Crippen LogP contribution in [0.15, 0.2) is 45.7 Å². The quantitative estimate of drug-likeness (QED) is 0.903. The van der Waals surface area contributed by atoms with Crippen molar-refractivity contribution in [3.8, 4) is 0 Å². The van der Waals surface area contributed by atoms with E-state index >= 15 is 0 Å². The molecule has 0 amide bonds. The number of benzene rings is 1. The van der Waals surface area contributed by atoms with E-state index in [1.54, 1.807) is 12.5 Å². The molecular weight excluding hydrogens is 304 g/mol. The van der Waals surface area contributed by atoms with Crippen molar-refractivity contribution in [1.29, 1.82) is 0 Å². The van der Waals surface area contributed by atoms with Gasteiger partial charge in [0, 0.05) is 29.7 Å². The Morgan fingerprint density at radius 3 is 2.74 bits per heavy atom. The molecule has 0 saturated carbocycles. The Labute approximate surface area is 122 Å². The second-order valence-electron chi connectivity index (χ2n) is 4.71. The van der Waals surface area contributed by atoms with Gasteiger partial charge in [-0.05, 0) is 53.7 Å². The van der Waals surface area contributed by atoms with Gasteiger partial charge in [-0.3, -0.25) is 0 Å². The van der Waals surface area contributed by atoms with Gasteiger partial charge in [0.2, 0.25) is 0 Å². The highest BCUT2D eigenvalue weighted by atomic mass is 79.9. The van der Waals surface area contributed by atoms with Crippen LogP contribution in [0.1, 0.15) is 24.1 Å². The third kappa shape index (κ3) is 3.39. The van der Waals surface area contributed by atoms with Crippen molar-refractivity contribution in [1.82, 2.24) is 5.32 Å². The van der Waals surface area contributed by atoms with Crippen molar-refractivity contribution >= 4 is 21.6 Å². The Hall–Kier alpha value is -1.26. The molecule has 0 saturated heterocycles. The molecular formula is C15H19BrN2O. The van der Waals surface area contributed by atoms with Crippen LogP contribution in [0.4, 0.5) is 5.69 Å². The molecule has 1 atom stereocenters. The van der Waals surface area contributed by atoms with E-state index in [0.717, 1.165) is 11.0 Å². The van der Waals surface area contributed by atoms with E-state index in [1.165, 1.54) is 16.8 Å². The molecule has 3 nitrogen and oxygen atoms in total. The molecule has 1 heterocycles. The van der Waals surface area contributed by atoms with Gasteiger partial charge in [0.15, 0.2) is 0 Å². The zero-order chi connectivity index (χ0) is 13.8. The summed E-state index contributed by atoms with van der Waals surface area (Å²) in [7, 11) is 4.05. The van der Waals surface area contributed by atoms with Gasteiger partial charge in [-0.25, -0.2) is 0 Å². The van der Waals surface area contributed by atoms with Crippen LogP contribution < -0.4 is 10.2 Å². The van der Waals surface area contributed by atoms with E-state index in [1.807, 2.05) is 13.1 Å². The zero-order valence-electron chi connectivity index (χ0n) is 11.5. The first kappa shape index (κ1) is 14.2. The minimum absolute atomic E-state index is 0.351. The van der Waals surface area contributed by atoms with Crippen LogP contribution in [0, 0.1) is 0 Å². The predicted octanol–water partition coefficient (Wildman–Crippen LogP) is 3.96. The van der Waals surface area contributed by atoms with Crippen molar-refractivity contribution < 1.29 is 4.42 Å². The number of nitrogens with zero attached hydrogens (tertiary/aromatic N) is 1. The van der Waals surface area contributed by atoms with E-state index in [2.05, 4.69) is 58.3 Å². The van der Waals surface area contributed by atoms with Gasteiger partial charge in [-0.15, -0.1) is 0 Å². The maximum absolute atomic E-state index is 5.10. The first-order valence-electron chi connectivity index (χ1n) is 6.30. The number of halogens is 1. The van der Waals surface area contributed by atoms with Crippen LogP contribution >= 0.6 is 15.9 Å². The second kappa shape index (κ2) is 6.26. The van der Waals surface area contributed by atoms with Crippen molar-refractivity contribution in [2.75, 3.05) is 19.0 Å². The lowest BCUT2D eigenvalue weighted by Crippen LogP contribution is -2.17. The number of rotatable bonds is 5. The fourth-order valence-corrected chi connectivity index (χ4v) is 2.71. The number of furan rings is 1. The largest absolute Gasteiger partial charge is 0.472 e. The fraction of sp³-hybridized carbons (Fsp3) is 0.333. The van der Waals surface area contributed by atoms with Gasteiger partial charge in [0.25, 0.3) is 0 Å². The van der Waals surface area contributed by atoms with E-state index in [4.69, 9.17) is 4.42 Å². The Kier molecular flexibility index (Phi) is 4.66. The topological polar surface area (TPSA) is 28.4 Å². The highest BCUT2D eigenvalue weighted by molar-refractivity contribution is 9.10. The zero-order valence-corrected chi connectivity index (χ0v) is 13.1. The van der Waals surface area contributed by atoms with Gasteiger partial charge >= 0.3 is 0 Å². The number of hydrogen-bond donors (Lipinski definition) is 1. The summed E-state index contributed by atoms with van der Waals surface area (Å²) in [6.07, 6.45) is 3.48. The molecule has 4 heteroatoms. The maximum Gasteiger partial charge on any atom is 0.0952 e. The Bertz CT molecular complexity index is 525. The van der Waals surface area contributed by atoms with Crippen LogP contribution in [0.2, 0.25) is 0 Å². The molecule has 0 aliphatic heterocycles. The summed E-state index contributed by atoms with van der Waals surface area (Å²) in [5, 5.41) is 3.25. The minimum atomic E-state index is 0.351. The average Bonchev–Trinajstić information content (AvgIpc) is 2.90. The van der Waals surface area contributed by atoms with Gasteiger partial charge in [0.1, 0.15) is 0 Å². The van der Waals surface area contributed by atoms with Crippen molar-refractivity contribution in [3.05, 3.63) is 52.4 Å². The normalized spacial score (nSPS) is 12.4. The van der Waals surface area contributed by atoms with Crippen LogP contribution in [-0.4, -0.2) is 14.1 Å². The molecule has 0 radical (unpaired) electrons. The van der Waals surface area contributed by atoms with E-state index in [-0.39, 0.29) is 0 Å². The lowest BCUT2D eigenvalue weighted by Gasteiger charge is -2.21. The number of anilines is 1. The minimum Gasteiger partial charge on any atom is -0.472 e. The molecule has 1 unspecified atom stereocenters. The first-order chi connectivity index (χ1) is 9.11. The lowest BCUT2D eigenvalue weighted by molar-refractivity contribution is 0.563. The van der Waals surface area contributed by atoms with Crippen LogP contribution in [0.5, 0.6) is 0 Å². The SMILES string of the molecule is CNC(C)c1ccc(N(C)Cc2ccoc2)c(Br)c1. The molecule has 102 valence electrons. The molecule has 0 aliphatic carbocycles. The number of hydrogen-bond acceptors (Lipinski definition) is 3. The first-order valence-corrected chi connectivity index (χ1v) is 7.10. The van der Waals surface area contributed by atoms with Gasteiger partial charge in [-0.2, -0.15) is 0 Å². The molecule has 0 fully saturated rings. The fourth-order valence-electron chi connectivity index (χ4n) is 2.01. The molecule has 1 aromatic carbocycles. The summed E-state index contributed by atoms with van der Waals surface area (Å²) in [5.74, 6) is 0. The van der Waals surface area contributed by atoms with Crippen molar-refractivity contribution in [2.45, 2.75) is 19.5 Å². The lowest BCUT2D eigenvalue weighted by atomic mass is 10.1. The molecule has 2 rings (SSSR count). The molecule has 1 aromatic heterocycles. The van der Waals surface area contributed by atoms with Crippen molar-refractivity contribution in [3.63, 3.8) is 0 Å². The summed E-state index contributed by atoms with van der Waals surface area (Å²) >= 11 is 3.66. The third-order valence-corrected chi connectivity index (χ3v) is 3.95. The molecule has 0 spiro atoms. The van der Waals surface area contributed by atoms with E-state index in [0.29, 0.717) is 6.04 Å². The maximum atomic E-state index is 5.10. The Balaban J connectivity index is 2.16. The van der Waals surface area contributed by atoms with Crippen LogP contribution in [-0.2, 0) is 6.54 Å². The molecule has 1 N–H and O–H groups in total.